The van der Waals surface area contributed by atoms with E-state index in [4.69, 9.17) is 9.94 Å². The quantitative estimate of drug-likeness (QED) is 0.788. The number of hydrogen-bond acceptors (Lipinski definition) is 5. The molecule has 0 saturated carbocycles. The molecule has 142 valence electrons. The fourth-order valence-corrected chi connectivity index (χ4v) is 2.47. The van der Waals surface area contributed by atoms with E-state index in [0.29, 0.717) is 17.7 Å². The minimum Gasteiger partial charge on any atom is -0.508 e. The Morgan fingerprint density at radius 1 is 1.19 bits per heavy atom. The molecule has 1 amide bonds. The fourth-order valence-electron chi connectivity index (χ4n) is 2.47. The van der Waals surface area contributed by atoms with Gasteiger partial charge in [-0.15, -0.1) is 5.06 Å². The number of benzene rings is 2. The van der Waals surface area contributed by atoms with Gasteiger partial charge < -0.3 is 15.1 Å². The Hall–Kier alpha value is -3.19. The number of carbonyl (C=O) groups is 2. The molecule has 0 fully saturated rings. The molecule has 0 atom stereocenters. The number of anilines is 1. The molecule has 2 aromatic carbocycles. The molecule has 0 aliphatic heterocycles. The van der Waals surface area contributed by atoms with E-state index in [-0.39, 0.29) is 17.9 Å². The Morgan fingerprint density at radius 3 is 2.41 bits per heavy atom. The van der Waals surface area contributed by atoms with Gasteiger partial charge >= 0.3 is 5.97 Å². The van der Waals surface area contributed by atoms with E-state index < -0.39 is 17.7 Å². The lowest BCUT2D eigenvalue weighted by Gasteiger charge is -2.21. The van der Waals surface area contributed by atoms with Gasteiger partial charge in [-0.05, 0) is 61.4 Å². The Morgan fingerprint density at radius 2 is 1.81 bits per heavy atom. The molecule has 0 aromatic heterocycles. The standard InChI is InChI=1S/C18H14FNO4.C2H6O/c1-11(21)24-20(18(23)13-2-6-14(19)7-3-13)15-8-4-12-5-9-17(22)16(12)10-15;1-2-3/h2-4,6-10,22H,5H2,1H3;3H,2H2,1H3. The van der Waals surface area contributed by atoms with Crippen molar-refractivity contribution in [2.24, 2.45) is 0 Å². The molecule has 0 spiro atoms. The third kappa shape index (κ3) is 4.92. The molecule has 2 N–H and O–H groups in total. The summed E-state index contributed by atoms with van der Waals surface area (Å²) in [5.41, 5.74) is 1.95. The molecule has 7 heteroatoms. The summed E-state index contributed by atoms with van der Waals surface area (Å²) in [5, 5.41) is 18.3. The molecular weight excluding hydrogens is 353 g/mol. The van der Waals surface area contributed by atoms with Crippen LogP contribution in [-0.2, 0) is 16.1 Å². The first-order valence-electron chi connectivity index (χ1n) is 8.29. The average molecular weight is 373 g/mol. The van der Waals surface area contributed by atoms with Crippen LogP contribution in [0.2, 0.25) is 0 Å². The van der Waals surface area contributed by atoms with Gasteiger partial charge in [0.2, 0.25) is 0 Å². The van der Waals surface area contributed by atoms with Crippen molar-refractivity contribution in [3.63, 3.8) is 0 Å². The summed E-state index contributed by atoms with van der Waals surface area (Å²) >= 11 is 0. The summed E-state index contributed by atoms with van der Waals surface area (Å²) in [7, 11) is 0. The minimum atomic E-state index is -0.675. The molecule has 0 unspecified atom stereocenters. The Kier molecular flexibility index (Phi) is 6.67. The van der Waals surface area contributed by atoms with Crippen LogP contribution in [0.4, 0.5) is 10.1 Å². The molecule has 2 aromatic rings. The van der Waals surface area contributed by atoms with Gasteiger partial charge in [-0.2, -0.15) is 0 Å². The number of amides is 1. The van der Waals surface area contributed by atoms with Crippen molar-refractivity contribution in [1.29, 1.82) is 0 Å². The van der Waals surface area contributed by atoms with Crippen LogP contribution in [0.25, 0.3) is 5.76 Å². The van der Waals surface area contributed by atoms with Crippen LogP contribution in [0.1, 0.15) is 35.3 Å². The molecule has 0 saturated heterocycles. The van der Waals surface area contributed by atoms with E-state index >= 15 is 0 Å². The third-order valence-corrected chi connectivity index (χ3v) is 3.61. The van der Waals surface area contributed by atoms with Gasteiger partial charge in [0.25, 0.3) is 5.91 Å². The molecule has 27 heavy (non-hydrogen) atoms. The van der Waals surface area contributed by atoms with Crippen molar-refractivity contribution in [3.8, 4) is 0 Å². The van der Waals surface area contributed by atoms with Crippen LogP contribution in [0.3, 0.4) is 0 Å². The number of halogens is 1. The maximum absolute atomic E-state index is 13.0. The van der Waals surface area contributed by atoms with E-state index in [0.717, 1.165) is 22.8 Å². The summed E-state index contributed by atoms with van der Waals surface area (Å²) in [5.74, 6) is -1.65. The van der Waals surface area contributed by atoms with E-state index in [1.54, 1.807) is 31.2 Å². The van der Waals surface area contributed by atoms with Crippen LogP contribution in [0.5, 0.6) is 0 Å². The van der Waals surface area contributed by atoms with Crippen LogP contribution in [-0.4, -0.2) is 28.7 Å². The van der Waals surface area contributed by atoms with Crippen LogP contribution >= 0.6 is 0 Å². The zero-order valence-electron chi connectivity index (χ0n) is 15.0. The second-order valence-corrected chi connectivity index (χ2v) is 5.64. The SMILES string of the molecule is CC(=O)ON(C(=O)c1ccc(F)cc1)c1ccc2c(c1)C(O)=CC2.CCO. The second-order valence-electron chi connectivity index (χ2n) is 5.64. The van der Waals surface area contributed by atoms with Gasteiger partial charge in [-0.1, -0.05) is 6.07 Å². The Bertz CT molecular complexity index is 861. The number of hydrogen-bond donors (Lipinski definition) is 2. The zero-order chi connectivity index (χ0) is 20.0. The van der Waals surface area contributed by atoms with Gasteiger partial charge in [-0.3, -0.25) is 4.79 Å². The number of nitrogens with zero attached hydrogens (tertiary/aromatic N) is 1. The maximum Gasteiger partial charge on any atom is 0.330 e. The van der Waals surface area contributed by atoms with E-state index in [1.807, 2.05) is 0 Å². The van der Waals surface area contributed by atoms with Crippen molar-refractivity contribution in [1.82, 2.24) is 0 Å². The summed E-state index contributed by atoms with van der Waals surface area (Å²) < 4.78 is 13.0. The van der Waals surface area contributed by atoms with Gasteiger partial charge in [0.15, 0.2) is 0 Å². The number of hydroxylamine groups is 1. The van der Waals surface area contributed by atoms with Gasteiger partial charge in [-0.25, -0.2) is 9.18 Å². The highest BCUT2D eigenvalue weighted by Gasteiger charge is 2.24. The molecule has 1 aliphatic carbocycles. The highest BCUT2D eigenvalue weighted by atomic mass is 19.1. The molecule has 1 aliphatic rings. The molecule has 0 bridgehead atoms. The zero-order valence-corrected chi connectivity index (χ0v) is 15.0. The van der Waals surface area contributed by atoms with E-state index in [2.05, 4.69) is 0 Å². The molecule has 0 radical (unpaired) electrons. The van der Waals surface area contributed by atoms with Gasteiger partial charge in [0.1, 0.15) is 11.6 Å². The first-order valence-corrected chi connectivity index (χ1v) is 8.29. The topological polar surface area (TPSA) is 87.1 Å². The summed E-state index contributed by atoms with van der Waals surface area (Å²) in [6, 6.07) is 9.84. The highest BCUT2D eigenvalue weighted by Crippen LogP contribution is 2.30. The predicted octanol–water partition coefficient (Wildman–Crippen LogP) is 3.40. The summed E-state index contributed by atoms with van der Waals surface area (Å²) in [4.78, 5) is 29.0. The Balaban J connectivity index is 0.000000817. The Labute approximate surface area is 156 Å². The summed E-state index contributed by atoms with van der Waals surface area (Å²) in [6.07, 6.45) is 2.26. The van der Waals surface area contributed by atoms with Crippen molar-refractivity contribution in [2.45, 2.75) is 20.3 Å². The van der Waals surface area contributed by atoms with Crippen molar-refractivity contribution in [3.05, 3.63) is 71.0 Å². The molecule has 6 nitrogen and oxygen atoms in total. The summed E-state index contributed by atoms with van der Waals surface area (Å²) in [6.45, 7) is 3.11. The monoisotopic (exact) mass is 373 g/mol. The maximum atomic E-state index is 13.0. The fraction of sp³-hybridized carbons (Fsp3) is 0.200. The van der Waals surface area contributed by atoms with Crippen LogP contribution in [0, 0.1) is 5.82 Å². The second kappa shape index (κ2) is 8.95. The van der Waals surface area contributed by atoms with Gasteiger partial charge in [0, 0.05) is 24.7 Å². The van der Waals surface area contributed by atoms with Crippen molar-refractivity contribution >= 4 is 23.3 Å². The first-order chi connectivity index (χ1) is 12.9. The number of aliphatic hydroxyl groups is 2. The number of carbonyl (C=O) groups excluding carboxylic acids is 2. The number of fused-ring (bicyclic) bond motifs is 1. The smallest absolute Gasteiger partial charge is 0.330 e. The largest absolute Gasteiger partial charge is 0.508 e. The normalized spacial score (nSPS) is 11.6. The van der Waals surface area contributed by atoms with Crippen molar-refractivity contribution in [2.75, 3.05) is 11.7 Å². The van der Waals surface area contributed by atoms with E-state index in [9.17, 15) is 19.1 Å². The predicted molar refractivity (Wildman–Crippen MR) is 98.5 cm³/mol. The first kappa shape index (κ1) is 20.1. The lowest BCUT2D eigenvalue weighted by atomic mass is 10.1. The lowest BCUT2D eigenvalue weighted by molar-refractivity contribution is -0.141. The minimum absolute atomic E-state index is 0.115. The van der Waals surface area contributed by atoms with Crippen molar-refractivity contribution < 1.29 is 29.0 Å². The third-order valence-electron chi connectivity index (χ3n) is 3.61. The van der Waals surface area contributed by atoms with Crippen LogP contribution in [0.15, 0.2) is 48.5 Å². The molecule has 3 rings (SSSR count). The average Bonchev–Trinajstić information content (AvgIpc) is 3.01. The number of allylic oxidation sites excluding steroid dienone is 1. The number of rotatable bonds is 2. The van der Waals surface area contributed by atoms with E-state index in [1.165, 1.54) is 19.1 Å². The van der Waals surface area contributed by atoms with Gasteiger partial charge in [0.05, 0.1) is 5.69 Å². The number of aliphatic hydroxyl groups excluding tert-OH is 2. The highest BCUT2D eigenvalue weighted by molar-refractivity contribution is 6.05. The lowest BCUT2D eigenvalue weighted by Crippen LogP contribution is -2.33. The van der Waals surface area contributed by atoms with Crippen LogP contribution < -0.4 is 5.06 Å². The molecule has 0 heterocycles. The molecular formula is C20H20FNO5.